The maximum atomic E-state index is 10.0. The van der Waals surface area contributed by atoms with Gasteiger partial charge in [-0.05, 0) is 39.5 Å². The van der Waals surface area contributed by atoms with E-state index in [1.54, 1.807) is 30.6 Å². The van der Waals surface area contributed by atoms with Crippen LogP contribution in [0.1, 0.15) is 16.5 Å². The molecule has 0 saturated carbocycles. The standard InChI is InChI=1S/C12H12BrNO2S/c1-16-7-5-8(12(15)9(13)6-7)11(14)10-3-2-4-17-10/h2-6,11,15H,14H2,1H3/t11-/m1/s1. The van der Waals surface area contributed by atoms with Crippen molar-refractivity contribution in [3.63, 3.8) is 0 Å². The van der Waals surface area contributed by atoms with Crippen molar-refractivity contribution in [3.8, 4) is 11.5 Å². The number of hydrogen-bond donors (Lipinski definition) is 2. The third-order valence-corrected chi connectivity index (χ3v) is 4.05. The maximum Gasteiger partial charge on any atom is 0.135 e. The van der Waals surface area contributed by atoms with Gasteiger partial charge in [0.15, 0.2) is 0 Å². The van der Waals surface area contributed by atoms with Crippen molar-refractivity contribution in [2.24, 2.45) is 5.73 Å². The molecule has 1 atom stereocenters. The topological polar surface area (TPSA) is 55.5 Å². The Balaban J connectivity index is 2.47. The van der Waals surface area contributed by atoms with Gasteiger partial charge in [-0.15, -0.1) is 11.3 Å². The highest BCUT2D eigenvalue weighted by Crippen LogP contribution is 2.38. The lowest BCUT2D eigenvalue weighted by molar-refractivity contribution is 0.409. The monoisotopic (exact) mass is 313 g/mol. The van der Waals surface area contributed by atoms with Crippen LogP contribution in [-0.2, 0) is 0 Å². The molecule has 0 fully saturated rings. The Morgan fingerprint density at radius 3 is 2.82 bits per heavy atom. The first-order chi connectivity index (χ1) is 8.13. The first-order valence-corrected chi connectivity index (χ1v) is 6.66. The third kappa shape index (κ3) is 2.46. The van der Waals surface area contributed by atoms with Gasteiger partial charge in [0.2, 0.25) is 0 Å². The van der Waals surface area contributed by atoms with E-state index < -0.39 is 0 Å². The minimum absolute atomic E-state index is 0.159. The zero-order valence-corrected chi connectivity index (χ0v) is 11.6. The molecule has 0 bridgehead atoms. The molecule has 5 heteroatoms. The van der Waals surface area contributed by atoms with Crippen LogP contribution in [0.15, 0.2) is 34.1 Å². The van der Waals surface area contributed by atoms with Gasteiger partial charge in [-0.1, -0.05) is 6.07 Å². The van der Waals surface area contributed by atoms with Gasteiger partial charge in [0, 0.05) is 10.4 Å². The molecule has 1 heterocycles. The van der Waals surface area contributed by atoms with E-state index in [4.69, 9.17) is 10.5 Å². The van der Waals surface area contributed by atoms with Crippen LogP contribution in [-0.4, -0.2) is 12.2 Å². The molecular formula is C12H12BrNO2S. The van der Waals surface area contributed by atoms with E-state index >= 15 is 0 Å². The summed E-state index contributed by atoms with van der Waals surface area (Å²) < 4.78 is 5.75. The molecule has 0 aliphatic carbocycles. The van der Waals surface area contributed by atoms with Gasteiger partial charge in [-0.25, -0.2) is 0 Å². The molecule has 17 heavy (non-hydrogen) atoms. The zero-order chi connectivity index (χ0) is 12.4. The molecule has 1 aromatic heterocycles. The quantitative estimate of drug-likeness (QED) is 0.914. The Kier molecular flexibility index (Phi) is 3.71. The van der Waals surface area contributed by atoms with Crippen LogP contribution >= 0.6 is 27.3 Å². The summed E-state index contributed by atoms with van der Waals surface area (Å²) in [6, 6.07) is 7.00. The summed E-state index contributed by atoms with van der Waals surface area (Å²) >= 11 is 4.85. The lowest BCUT2D eigenvalue weighted by Crippen LogP contribution is -2.10. The predicted octanol–water partition coefficient (Wildman–Crippen LogP) is 3.27. The number of thiophene rings is 1. The van der Waals surface area contributed by atoms with Crippen molar-refractivity contribution in [1.82, 2.24) is 0 Å². The molecule has 3 N–H and O–H groups in total. The summed E-state index contributed by atoms with van der Waals surface area (Å²) in [5.41, 5.74) is 6.78. The second-order valence-corrected chi connectivity index (χ2v) is 5.37. The summed E-state index contributed by atoms with van der Waals surface area (Å²) in [5.74, 6) is 0.823. The summed E-state index contributed by atoms with van der Waals surface area (Å²) in [6.07, 6.45) is 0. The molecule has 1 aromatic carbocycles. The molecule has 0 aliphatic rings. The fraction of sp³-hybridized carbons (Fsp3) is 0.167. The zero-order valence-electron chi connectivity index (χ0n) is 9.18. The maximum absolute atomic E-state index is 10.0. The molecule has 0 spiro atoms. The van der Waals surface area contributed by atoms with Crippen LogP contribution in [0.2, 0.25) is 0 Å². The molecule has 0 radical (unpaired) electrons. The molecule has 0 amide bonds. The van der Waals surface area contributed by atoms with E-state index in [0.29, 0.717) is 15.8 Å². The second-order valence-electron chi connectivity index (χ2n) is 3.54. The van der Waals surface area contributed by atoms with Crippen molar-refractivity contribution < 1.29 is 9.84 Å². The minimum Gasteiger partial charge on any atom is -0.506 e. The fourth-order valence-corrected chi connectivity index (χ4v) is 2.77. The van der Waals surface area contributed by atoms with Crippen LogP contribution in [0.25, 0.3) is 0 Å². The van der Waals surface area contributed by atoms with Gasteiger partial charge in [0.25, 0.3) is 0 Å². The van der Waals surface area contributed by atoms with Gasteiger partial charge in [-0.3, -0.25) is 0 Å². The number of halogens is 1. The summed E-state index contributed by atoms with van der Waals surface area (Å²) in [4.78, 5) is 1.00. The first-order valence-electron chi connectivity index (χ1n) is 4.99. The summed E-state index contributed by atoms with van der Waals surface area (Å²) in [7, 11) is 1.58. The molecule has 0 saturated heterocycles. The Hall–Kier alpha value is -1.04. The van der Waals surface area contributed by atoms with E-state index in [2.05, 4.69) is 15.9 Å². The van der Waals surface area contributed by atoms with Gasteiger partial charge in [-0.2, -0.15) is 0 Å². The van der Waals surface area contributed by atoms with E-state index in [9.17, 15) is 5.11 Å². The molecule has 0 aliphatic heterocycles. The number of ether oxygens (including phenoxy) is 1. The average molecular weight is 314 g/mol. The molecular weight excluding hydrogens is 302 g/mol. The molecule has 0 unspecified atom stereocenters. The number of methoxy groups -OCH3 is 1. The van der Waals surface area contributed by atoms with E-state index in [1.165, 1.54) is 0 Å². The molecule has 2 rings (SSSR count). The van der Waals surface area contributed by atoms with Crippen LogP contribution in [0, 0.1) is 0 Å². The smallest absolute Gasteiger partial charge is 0.135 e. The number of aromatic hydroxyl groups is 1. The van der Waals surface area contributed by atoms with Gasteiger partial charge in [0.1, 0.15) is 11.5 Å². The highest BCUT2D eigenvalue weighted by molar-refractivity contribution is 9.10. The Bertz CT molecular complexity index is 513. The van der Waals surface area contributed by atoms with Gasteiger partial charge >= 0.3 is 0 Å². The van der Waals surface area contributed by atoms with E-state index in [0.717, 1.165) is 4.88 Å². The Morgan fingerprint density at radius 1 is 1.47 bits per heavy atom. The van der Waals surface area contributed by atoms with Crippen LogP contribution in [0.4, 0.5) is 0 Å². The lowest BCUT2D eigenvalue weighted by Gasteiger charge is -2.14. The van der Waals surface area contributed by atoms with Crippen molar-refractivity contribution in [2.75, 3.05) is 7.11 Å². The Labute approximate surface area is 112 Å². The van der Waals surface area contributed by atoms with E-state index in [-0.39, 0.29) is 11.8 Å². The average Bonchev–Trinajstić information content (AvgIpc) is 2.85. The largest absolute Gasteiger partial charge is 0.506 e. The van der Waals surface area contributed by atoms with Crippen molar-refractivity contribution >= 4 is 27.3 Å². The second kappa shape index (κ2) is 5.08. The molecule has 90 valence electrons. The lowest BCUT2D eigenvalue weighted by atomic mass is 10.0. The first kappa shape index (κ1) is 12.4. The van der Waals surface area contributed by atoms with Gasteiger partial charge < -0.3 is 15.6 Å². The summed E-state index contributed by atoms with van der Waals surface area (Å²) in [5, 5.41) is 12.0. The van der Waals surface area contributed by atoms with Crippen molar-refractivity contribution in [2.45, 2.75) is 6.04 Å². The number of hydrogen-bond acceptors (Lipinski definition) is 4. The normalized spacial score (nSPS) is 12.4. The number of benzene rings is 1. The highest BCUT2D eigenvalue weighted by Gasteiger charge is 2.17. The van der Waals surface area contributed by atoms with Crippen molar-refractivity contribution in [3.05, 3.63) is 44.6 Å². The van der Waals surface area contributed by atoms with Crippen LogP contribution in [0.5, 0.6) is 11.5 Å². The third-order valence-electron chi connectivity index (χ3n) is 2.49. The number of nitrogens with two attached hydrogens (primary N) is 1. The van der Waals surface area contributed by atoms with E-state index in [1.807, 2.05) is 17.5 Å². The fourth-order valence-electron chi connectivity index (χ4n) is 1.57. The van der Waals surface area contributed by atoms with Gasteiger partial charge in [0.05, 0.1) is 17.6 Å². The minimum atomic E-state index is -0.346. The Morgan fingerprint density at radius 2 is 2.24 bits per heavy atom. The number of phenolic OH excluding ortho intramolecular Hbond substituents is 1. The number of phenols is 1. The van der Waals surface area contributed by atoms with Crippen LogP contribution in [0.3, 0.4) is 0 Å². The van der Waals surface area contributed by atoms with Crippen molar-refractivity contribution in [1.29, 1.82) is 0 Å². The number of rotatable bonds is 3. The SMILES string of the molecule is COc1cc(Br)c(O)c([C@@H](N)c2cccs2)c1. The predicted molar refractivity (Wildman–Crippen MR) is 72.7 cm³/mol. The summed E-state index contributed by atoms with van der Waals surface area (Å²) in [6.45, 7) is 0. The van der Waals surface area contributed by atoms with Crippen LogP contribution < -0.4 is 10.5 Å². The molecule has 3 nitrogen and oxygen atoms in total. The molecule has 2 aromatic rings. The highest BCUT2D eigenvalue weighted by atomic mass is 79.9.